The molecule has 6 heteroatoms. The summed E-state index contributed by atoms with van der Waals surface area (Å²) < 4.78 is 16.8. The normalized spacial score (nSPS) is 12.4. The maximum absolute atomic E-state index is 12.8. The van der Waals surface area contributed by atoms with E-state index in [9.17, 15) is 14.4 Å². The maximum atomic E-state index is 12.8. The molecule has 0 fully saturated rings. The van der Waals surface area contributed by atoms with E-state index in [-0.39, 0.29) is 31.1 Å². The summed E-state index contributed by atoms with van der Waals surface area (Å²) in [5, 5.41) is 0. The topological polar surface area (TPSA) is 78.9 Å². The Balaban J connectivity index is 4.10. The smallest absolute Gasteiger partial charge is 0.306 e. The first-order valence-corrected chi connectivity index (χ1v) is 31.8. The van der Waals surface area contributed by atoms with E-state index in [0.717, 1.165) is 89.9 Å². The molecule has 0 bridgehead atoms. The molecule has 0 radical (unpaired) electrons. The fraction of sp³-hybridized carbons (Fsp3) is 0.806. The van der Waals surface area contributed by atoms with E-state index >= 15 is 0 Å². The Hall–Kier alpha value is -2.89. The predicted molar refractivity (Wildman–Crippen MR) is 316 cm³/mol. The van der Waals surface area contributed by atoms with Gasteiger partial charge in [0.05, 0.1) is 0 Å². The molecule has 0 spiro atoms. The Morgan fingerprint density at radius 1 is 0.288 bits per heavy atom. The van der Waals surface area contributed by atoms with Crippen LogP contribution >= 0.6 is 0 Å². The molecule has 0 aliphatic carbocycles. The Bertz CT molecular complexity index is 1310. The molecule has 0 saturated carbocycles. The van der Waals surface area contributed by atoms with Gasteiger partial charge in [-0.25, -0.2) is 0 Å². The summed E-state index contributed by atoms with van der Waals surface area (Å²) in [6.07, 6.45) is 78.3. The van der Waals surface area contributed by atoms with Gasteiger partial charge in [-0.15, -0.1) is 0 Å². The van der Waals surface area contributed by atoms with Gasteiger partial charge in [0.15, 0.2) is 6.10 Å². The van der Waals surface area contributed by atoms with Crippen molar-refractivity contribution in [3.05, 3.63) is 60.8 Å². The number of unbranched alkanes of at least 4 members (excludes halogenated alkanes) is 37. The SMILES string of the molecule is CC/C=C\C/C=C\C/C=C\C/C=C\CCCCCCCCCCC(=O)OC(COC(=O)CCCCCCCCC)COC(=O)CCCCCCCCCCCCCCCCC/C=C\CCCCCCCCCC. The minimum atomic E-state index is -0.775. The molecule has 0 rings (SSSR count). The monoisotopic (exact) mass is 1020 g/mol. The second-order valence-electron chi connectivity index (χ2n) is 21.3. The Labute approximate surface area is 453 Å². The molecule has 0 saturated heterocycles. The molecule has 424 valence electrons. The molecule has 0 aromatic carbocycles. The number of ether oxygens (including phenoxy) is 3. The van der Waals surface area contributed by atoms with Crippen molar-refractivity contribution in [2.24, 2.45) is 0 Å². The quantitative estimate of drug-likeness (QED) is 0.0261. The molecule has 6 nitrogen and oxygen atoms in total. The van der Waals surface area contributed by atoms with Crippen LogP contribution in [0.4, 0.5) is 0 Å². The van der Waals surface area contributed by atoms with Crippen molar-refractivity contribution in [3.8, 4) is 0 Å². The van der Waals surface area contributed by atoms with Crippen LogP contribution in [0.15, 0.2) is 60.8 Å². The van der Waals surface area contributed by atoms with Crippen LogP contribution in [0.5, 0.6) is 0 Å². The molecule has 0 aromatic heterocycles. The second-order valence-corrected chi connectivity index (χ2v) is 21.3. The highest BCUT2D eigenvalue weighted by Crippen LogP contribution is 2.17. The van der Waals surface area contributed by atoms with Gasteiger partial charge < -0.3 is 14.2 Å². The Morgan fingerprint density at radius 3 is 0.849 bits per heavy atom. The number of hydrogen-bond donors (Lipinski definition) is 0. The first kappa shape index (κ1) is 70.1. The first-order chi connectivity index (χ1) is 36.0. The van der Waals surface area contributed by atoms with E-state index in [2.05, 4.69) is 81.5 Å². The van der Waals surface area contributed by atoms with Gasteiger partial charge in [0.1, 0.15) is 13.2 Å². The van der Waals surface area contributed by atoms with Crippen LogP contribution in [0.2, 0.25) is 0 Å². The molecule has 0 aliphatic heterocycles. The lowest BCUT2D eigenvalue weighted by molar-refractivity contribution is -0.167. The van der Waals surface area contributed by atoms with Crippen molar-refractivity contribution in [1.82, 2.24) is 0 Å². The number of carbonyl (C=O) groups excluding carboxylic acids is 3. The summed E-state index contributed by atoms with van der Waals surface area (Å²) in [6, 6.07) is 0. The first-order valence-electron chi connectivity index (χ1n) is 31.8. The van der Waals surface area contributed by atoms with Crippen molar-refractivity contribution in [3.63, 3.8) is 0 Å². The molecule has 0 aliphatic rings. The zero-order chi connectivity index (χ0) is 52.9. The van der Waals surface area contributed by atoms with Gasteiger partial charge in [0.25, 0.3) is 0 Å². The number of rotatable bonds is 58. The van der Waals surface area contributed by atoms with E-state index in [0.29, 0.717) is 19.3 Å². The zero-order valence-corrected chi connectivity index (χ0v) is 48.7. The van der Waals surface area contributed by atoms with Crippen LogP contribution in [0.25, 0.3) is 0 Å². The van der Waals surface area contributed by atoms with E-state index in [1.165, 1.54) is 199 Å². The van der Waals surface area contributed by atoms with Gasteiger partial charge >= 0.3 is 17.9 Å². The van der Waals surface area contributed by atoms with E-state index in [1.54, 1.807) is 0 Å². The van der Waals surface area contributed by atoms with Crippen molar-refractivity contribution in [2.45, 2.75) is 335 Å². The predicted octanol–water partition coefficient (Wildman–Crippen LogP) is 21.6. The van der Waals surface area contributed by atoms with Gasteiger partial charge in [-0.1, -0.05) is 287 Å². The number of carbonyl (C=O) groups is 3. The average molecular weight is 1020 g/mol. The number of allylic oxidation sites excluding steroid dienone is 10. The van der Waals surface area contributed by atoms with Gasteiger partial charge in [-0.2, -0.15) is 0 Å². The molecule has 0 aromatic rings. The van der Waals surface area contributed by atoms with Crippen LogP contribution in [-0.2, 0) is 28.6 Å². The fourth-order valence-corrected chi connectivity index (χ4v) is 9.25. The van der Waals surface area contributed by atoms with Crippen LogP contribution < -0.4 is 0 Å². The Morgan fingerprint density at radius 2 is 0.534 bits per heavy atom. The highest BCUT2D eigenvalue weighted by Gasteiger charge is 2.19. The van der Waals surface area contributed by atoms with Crippen LogP contribution in [0.1, 0.15) is 329 Å². The van der Waals surface area contributed by atoms with Gasteiger partial charge in [0, 0.05) is 19.3 Å². The third-order valence-electron chi connectivity index (χ3n) is 14.0. The summed E-state index contributed by atoms with van der Waals surface area (Å²) in [7, 11) is 0. The van der Waals surface area contributed by atoms with Crippen molar-refractivity contribution in [1.29, 1.82) is 0 Å². The Kier molecular flexibility index (Phi) is 59.2. The molecule has 0 amide bonds. The zero-order valence-electron chi connectivity index (χ0n) is 48.7. The summed E-state index contributed by atoms with van der Waals surface area (Å²) in [4.78, 5) is 38.1. The van der Waals surface area contributed by atoms with Crippen LogP contribution in [0, 0.1) is 0 Å². The van der Waals surface area contributed by atoms with Crippen molar-refractivity contribution >= 4 is 17.9 Å². The molecule has 73 heavy (non-hydrogen) atoms. The van der Waals surface area contributed by atoms with Gasteiger partial charge in [0.2, 0.25) is 0 Å². The number of hydrogen-bond acceptors (Lipinski definition) is 6. The molecular formula is C67H120O6. The lowest BCUT2D eigenvalue weighted by Crippen LogP contribution is -2.30. The minimum Gasteiger partial charge on any atom is -0.462 e. The minimum absolute atomic E-state index is 0.0745. The highest BCUT2D eigenvalue weighted by atomic mass is 16.6. The largest absolute Gasteiger partial charge is 0.462 e. The third kappa shape index (κ3) is 59.9. The van der Waals surface area contributed by atoms with E-state index in [1.807, 2.05) is 0 Å². The van der Waals surface area contributed by atoms with Crippen molar-refractivity contribution < 1.29 is 28.6 Å². The van der Waals surface area contributed by atoms with Crippen LogP contribution in [-0.4, -0.2) is 37.2 Å². The lowest BCUT2D eigenvalue weighted by Gasteiger charge is -2.18. The maximum Gasteiger partial charge on any atom is 0.306 e. The van der Waals surface area contributed by atoms with Gasteiger partial charge in [-0.05, 0) is 83.5 Å². The van der Waals surface area contributed by atoms with Crippen molar-refractivity contribution in [2.75, 3.05) is 13.2 Å². The highest BCUT2D eigenvalue weighted by molar-refractivity contribution is 5.71. The third-order valence-corrected chi connectivity index (χ3v) is 14.0. The summed E-state index contributed by atoms with van der Waals surface area (Å²) in [6.45, 7) is 6.52. The summed E-state index contributed by atoms with van der Waals surface area (Å²) in [5.74, 6) is -0.875. The van der Waals surface area contributed by atoms with E-state index in [4.69, 9.17) is 14.2 Å². The van der Waals surface area contributed by atoms with Crippen LogP contribution in [0.3, 0.4) is 0 Å². The fourth-order valence-electron chi connectivity index (χ4n) is 9.25. The van der Waals surface area contributed by atoms with E-state index < -0.39 is 6.10 Å². The molecule has 0 N–H and O–H groups in total. The average Bonchev–Trinajstić information content (AvgIpc) is 3.39. The second kappa shape index (κ2) is 61.7. The lowest BCUT2D eigenvalue weighted by atomic mass is 10.0. The van der Waals surface area contributed by atoms with Gasteiger partial charge in [-0.3, -0.25) is 14.4 Å². The molecule has 0 heterocycles. The summed E-state index contributed by atoms with van der Waals surface area (Å²) >= 11 is 0. The molecule has 1 atom stereocenters. The number of esters is 3. The summed E-state index contributed by atoms with van der Waals surface area (Å²) in [5.41, 5.74) is 0. The molecule has 1 unspecified atom stereocenters. The molecular weight excluding hydrogens is 901 g/mol. The standard InChI is InChI=1S/C67H120O6/c1-4-7-10-13-16-18-20-22-24-26-28-30-31-32-33-34-35-37-38-40-42-44-46-48-51-54-57-60-66(69)72-63-64(62-71-65(68)59-56-53-50-15-12-9-6-3)73-67(70)61-58-55-52-49-47-45-43-41-39-36-29-27-25-23-21-19-17-14-11-8-5-2/h8,11,17,19,23,25-26,28-29,36,64H,4-7,9-10,12-16,18,20-22,24,27,30-35,37-63H2,1-3H3/b11-8-,19-17-,25-23-,28-26-,36-29-.